The second-order valence-electron chi connectivity index (χ2n) is 6.36. The Balaban J connectivity index is 1.58. The Morgan fingerprint density at radius 1 is 1.27 bits per heavy atom. The van der Waals surface area contributed by atoms with Crippen molar-refractivity contribution in [2.75, 3.05) is 37.4 Å². The molecule has 1 aromatic heterocycles. The largest absolute Gasteiger partial charge is 0.471 e. The normalized spacial score (nSPS) is 16.9. The van der Waals surface area contributed by atoms with Crippen LogP contribution in [0.25, 0.3) is 0 Å². The number of benzene rings is 1. The van der Waals surface area contributed by atoms with Gasteiger partial charge in [0.15, 0.2) is 5.82 Å². The summed E-state index contributed by atoms with van der Waals surface area (Å²) in [6, 6.07) is 10.7. The number of hydrogen-bond donors (Lipinski definition) is 1. The highest BCUT2D eigenvalue weighted by Crippen LogP contribution is 2.22. The highest BCUT2D eigenvalue weighted by Gasteiger charge is 2.25. The molecule has 1 aliphatic heterocycles. The Kier molecular flexibility index (Phi) is 5.78. The Morgan fingerprint density at radius 2 is 2.08 bits per heavy atom. The van der Waals surface area contributed by atoms with Crippen molar-refractivity contribution in [2.24, 2.45) is 0 Å². The first-order valence-electron chi connectivity index (χ1n) is 8.51. The third-order valence-corrected chi connectivity index (χ3v) is 4.48. The van der Waals surface area contributed by atoms with Gasteiger partial charge in [0.05, 0.1) is 17.3 Å². The summed E-state index contributed by atoms with van der Waals surface area (Å²) >= 11 is 6.10. The summed E-state index contributed by atoms with van der Waals surface area (Å²) in [5.41, 5.74) is 0.604. The van der Waals surface area contributed by atoms with Gasteiger partial charge in [0, 0.05) is 26.7 Å². The number of likely N-dealkylation sites (tertiary alicyclic amines) is 1. The summed E-state index contributed by atoms with van der Waals surface area (Å²) in [6.07, 6.45) is 1.62. The maximum absolute atomic E-state index is 12.5. The van der Waals surface area contributed by atoms with Gasteiger partial charge in [-0.2, -0.15) is 0 Å². The molecule has 7 nitrogen and oxygen atoms in total. The van der Waals surface area contributed by atoms with E-state index in [0.29, 0.717) is 29.7 Å². The average molecular weight is 376 g/mol. The molecule has 8 heteroatoms. The minimum Gasteiger partial charge on any atom is -0.471 e. The molecule has 0 aliphatic carbocycles. The van der Waals surface area contributed by atoms with Gasteiger partial charge in [0.1, 0.15) is 6.10 Å². The molecule has 1 saturated heterocycles. The third-order valence-electron chi connectivity index (χ3n) is 4.15. The molecule has 1 aliphatic rings. The number of halogens is 1. The van der Waals surface area contributed by atoms with Gasteiger partial charge in [-0.05, 0) is 31.0 Å². The number of carbonyl (C=O) groups is 1. The Labute approximate surface area is 157 Å². The number of amides is 2. The minimum atomic E-state index is -0.180. The molecule has 1 unspecified atom stereocenters. The fourth-order valence-corrected chi connectivity index (χ4v) is 2.94. The van der Waals surface area contributed by atoms with E-state index in [-0.39, 0.29) is 12.1 Å². The van der Waals surface area contributed by atoms with E-state index >= 15 is 0 Å². The lowest BCUT2D eigenvalue weighted by Gasteiger charge is -2.32. The number of nitrogens with zero attached hydrogens (tertiary/aromatic N) is 4. The zero-order valence-electron chi connectivity index (χ0n) is 14.9. The number of aromatic nitrogens is 2. The first kappa shape index (κ1) is 18.3. The van der Waals surface area contributed by atoms with Gasteiger partial charge < -0.3 is 19.9 Å². The molecule has 2 aromatic rings. The Hall–Kier alpha value is -2.54. The van der Waals surface area contributed by atoms with Crippen LogP contribution in [0, 0.1) is 0 Å². The zero-order chi connectivity index (χ0) is 18.5. The van der Waals surface area contributed by atoms with Crippen LogP contribution in [-0.4, -0.2) is 54.4 Å². The molecule has 2 heterocycles. The van der Waals surface area contributed by atoms with Crippen LogP contribution < -0.4 is 15.0 Å². The molecule has 26 heavy (non-hydrogen) atoms. The van der Waals surface area contributed by atoms with Crippen molar-refractivity contribution in [3.63, 3.8) is 0 Å². The van der Waals surface area contributed by atoms with Crippen molar-refractivity contribution in [3.8, 4) is 5.88 Å². The third kappa shape index (κ3) is 4.54. The van der Waals surface area contributed by atoms with Crippen molar-refractivity contribution >= 4 is 29.1 Å². The smallest absolute Gasteiger partial charge is 0.322 e. The van der Waals surface area contributed by atoms with Gasteiger partial charge in [-0.25, -0.2) is 4.79 Å². The van der Waals surface area contributed by atoms with E-state index in [4.69, 9.17) is 16.3 Å². The van der Waals surface area contributed by atoms with Crippen LogP contribution >= 0.6 is 11.6 Å². The van der Waals surface area contributed by atoms with E-state index in [1.54, 1.807) is 23.1 Å². The minimum absolute atomic E-state index is 0.111. The zero-order valence-corrected chi connectivity index (χ0v) is 15.6. The van der Waals surface area contributed by atoms with E-state index in [1.807, 2.05) is 37.2 Å². The van der Waals surface area contributed by atoms with E-state index in [9.17, 15) is 4.79 Å². The highest BCUT2D eigenvalue weighted by molar-refractivity contribution is 6.33. The summed E-state index contributed by atoms with van der Waals surface area (Å²) < 4.78 is 5.90. The fourth-order valence-electron chi connectivity index (χ4n) is 2.76. The van der Waals surface area contributed by atoms with Crippen LogP contribution in [0.2, 0.25) is 5.02 Å². The number of para-hydroxylation sites is 1. The summed E-state index contributed by atoms with van der Waals surface area (Å²) in [6.45, 7) is 1.18. The highest BCUT2D eigenvalue weighted by atomic mass is 35.5. The number of ether oxygens (including phenoxy) is 1. The van der Waals surface area contributed by atoms with Gasteiger partial charge in [0.25, 0.3) is 0 Å². The molecule has 1 atom stereocenters. The van der Waals surface area contributed by atoms with Crippen LogP contribution in [0.4, 0.5) is 16.3 Å². The van der Waals surface area contributed by atoms with Gasteiger partial charge in [0.2, 0.25) is 5.88 Å². The summed E-state index contributed by atoms with van der Waals surface area (Å²) in [5.74, 6) is 1.23. The van der Waals surface area contributed by atoms with E-state index in [0.717, 1.165) is 18.7 Å². The van der Waals surface area contributed by atoms with E-state index in [1.165, 1.54) is 0 Å². The molecular weight excluding hydrogens is 354 g/mol. The number of piperidine rings is 1. The van der Waals surface area contributed by atoms with Gasteiger partial charge in [-0.3, -0.25) is 0 Å². The lowest BCUT2D eigenvalue weighted by Crippen LogP contribution is -2.46. The lowest BCUT2D eigenvalue weighted by atomic mass is 10.1. The van der Waals surface area contributed by atoms with Gasteiger partial charge in [-0.1, -0.05) is 23.7 Å². The average Bonchev–Trinajstić information content (AvgIpc) is 2.64. The second-order valence-corrected chi connectivity index (χ2v) is 6.77. The number of anilines is 2. The summed E-state index contributed by atoms with van der Waals surface area (Å²) in [7, 11) is 3.81. The number of urea groups is 1. The first-order valence-corrected chi connectivity index (χ1v) is 8.89. The van der Waals surface area contributed by atoms with Crippen molar-refractivity contribution in [2.45, 2.75) is 18.9 Å². The van der Waals surface area contributed by atoms with Crippen LogP contribution in [-0.2, 0) is 0 Å². The first-order chi connectivity index (χ1) is 12.5. The van der Waals surface area contributed by atoms with E-state index < -0.39 is 0 Å². The van der Waals surface area contributed by atoms with Crippen molar-refractivity contribution in [1.82, 2.24) is 15.1 Å². The van der Waals surface area contributed by atoms with E-state index in [2.05, 4.69) is 15.5 Å². The molecule has 3 rings (SSSR count). The summed E-state index contributed by atoms with van der Waals surface area (Å²) in [4.78, 5) is 16.1. The van der Waals surface area contributed by atoms with Crippen molar-refractivity contribution < 1.29 is 9.53 Å². The predicted octanol–water partition coefficient (Wildman–Crippen LogP) is 3.27. The molecule has 0 bridgehead atoms. The quantitative estimate of drug-likeness (QED) is 0.888. The van der Waals surface area contributed by atoms with Crippen LogP contribution in [0.1, 0.15) is 12.8 Å². The number of rotatable bonds is 4. The molecule has 0 spiro atoms. The van der Waals surface area contributed by atoms with Crippen LogP contribution in [0.3, 0.4) is 0 Å². The maximum Gasteiger partial charge on any atom is 0.322 e. The van der Waals surface area contributed by atoms with Gasteiger partial charge >= 0.3 is 6.03 Å². The van der Waals surface area contributed by atoms with Crippen molar-refractivity contribution in [3.05, 3.63) is 41.4 Å². The van der Waals surface area contributed by atoms with Crippen LogP contribution in [0.15, 0.2) is 36.4 Å². The molecule has 1 aromatic carbocycles. The molecule has 0 radical (unpaired) electrons. The molecule has 2 amide bonds. The molecule has 0 saturated carbocycles. The second kappa shape index (κ2) is 8.23. The standard InChI is InChI=1S/C18H22ClN5O2/c1-23(2)16-9-10-17(22-21-16)26-13-6-5-11-24(12-13)18(25)20-15-8-4-3-7-14(15)19/h3-4,7-10,13H,5-6,11-12H2,1-2H3,(H,20,25). The number of carbonyl (C=O) groups excluding carboxylic acids is 1. The maximum atomic E-state index is 12.5. The van der Waals surface area contributed by atoms with Crippen LogP contribution in [0.5, 0.6) is 5.88 Å². The Bertz CT molecular complexity index is 754. The topological polar surface area (TPSA) is 70.6 Å². The van der Waals surface area contributed by atoms with Crippen molar-refractivity contribution in [1.29, 1.82) is 0 Å². The number of hydrogen-bond acceptors (Lipinski definition) is 5. The fraction of sp³-hybridized carbons (Fsp3) is 0.389. The molecular formula is C18H22ClN5O2. The Morgan fingerprint density at radius 3 is 2.77 bits per heavy atom. The lowest BCUT2D eigenvalue weighted by molar-refractivity contribution is 0.102. The number of nitrogens with one attached hydrogen (secondary N) is 1. The monoisotopic (exact) mass is 375 g/mol. The van der Waals surface area contributed by atoms with Gasteiger partial charge in [-0.15, -0.1) is 10.2 Å². The molecule has 138 valence electrons. The molecule has 1 N–H and O–H groups in total. The summed E-state index contributed by atoms with van der Waals surface area (Å²) in [5, 5.41) is 11.6. The SMILES string of the molecule is CN(C)c1ccc(OC2CCCN(C(=O)Nc3ccccc3Cl)C2)nn1. The molecule has 1 fully saturated rings. The predicted molar refractivity (Wildman–Crippen MR) is 102 cm³/mol.